The van der Waals surface area contributed by atoms with Gasteiger partial charge >= 0.3 is 0 Å². The molecule has 2 fully saturated rings. The largest absolute Gasteiger partial charge is 0.508 e. The van der Waals surface area contributed by atoms with Crippen molar-refractivity contribution in [2.24, 2.45) is 11.3 Å². The number of nitrogens with zero attached hydrogens (tertiary/aromatic N) is 1. The van der Waals surface area contributed by atoms with Gasteiger partial charge in [0.05, 0.1) is 0 Å². The number of amides is 1. The molecule has 2 bridgehead atoms. The van der Waals surface area contributed by atoms with E-state index in [1.807, 2.05) is 6.07 Å². The number of aromatic hydroxyl groups is 1. The molecule has 1 aromatic carbocycles. The summed E-state index contributed by atoms with van der Waals surface area (Å²) in [7, 11) is 0. The zero-order chi connectivity index (χ0) is 17.8. The summed E-state index contributed by atoms with van der Waals surface area (Å²) in [6.45, 7) is 7.84. The number of hydrogen-bond donors (Lipinski definition) is 1. The third kappa shape index (κ3) is 2.34. The van der Waals surface area contributed by atoms with Crippen molar-refractivity contribution in [1.29, 1.82) is 0 Å². The van der Waals surface area contributed by atoms with E-state index in [2.05, 4.69) is 31.7 Å². The molecule has 25 heavy (non-hydrogen) atoms. The highest BCUT2D eigenvalue weighted by Gasteiger charge is 2.57. The summed E-state index contributed by atoms with van der Waals surface area (Å²) in [5.41, 5.74) is 2.37. The monoisotopic (exact) mass is 341 g/mol. The minimum Gasteiger partial charge on any atom is -0.508 e. The number of rotatable bonds is 1. The van der Waals surface area contributed by atoms with Gasteiger partial charge in [0.15, 0.2) is 0 Å². The van der Waals surface area contributed by atoms with Crippen LogP contribution in [0.4, 0.5) is 0 Å². The second-order valence-electron chi connectivity index (χ2n) is 9.19. The number of hydrogen-bond acceptors (Lipinski definition) is 2. The molecule has 1 saturated heterocycles. The van der Waals surface area contributed by atoms with Crippen molar-refractivity contribution in [3.05, 3.63) is 29.3 Å². The van der Waals surface area contributed by atoms with Gasteiger partial charge in [-0.1, -0.05) is 52.2 Å². The van der Waals surface area contributed by atoms with E-state index >= 15 is 0 Å². The summed E-state index contributed by atoms with van der Waals surface area (Å²) in [4.78, 5) is 15.5. The van der Waals surface area contributed by atoms with E-state index in [1.54, 1.807) is 6.07 Å². The van der Waals surface area contributed by atoms with Gasteiger partial charge in [-0.3, -0.25) is 4.79 Å². The highest BCUT2D eigenvalue weighted by molar-refractivity contribution is 5.80. The Morgan fingerprint density at radius 3 is 2.60 bits per heavy atom. The summed E-state index contributed by atoms with van der Waals surface area (Å²) >= 11 is 0. The number of phenolic OH excluding ortho intramolecular Hbond substituents is 1. The van der Waals surface area contributed by atoms with Crippen LogP contribution < -0.4 is 0 Å². The lowest BCUT2D eigenvalue weighted by Gasteiger charge is -2.61. The van der Waals surface area contributed by atoms with Crippen LogP contribution in [0.25, 0.3) is 0 Å². The molecule has 1 N–H and O–H groups in total. The Morgan fingerprint density at radius 1 is 1.16 bits per heavy atom. The Morgan fingerprint density at radius 2 is 1.88 bits per heavy atom. The molecule has 2 atom stereocenters. The number of piperidine rings is 1. The highest BCUT2D eigenvalue weighted by Crippen LogP contribution is 2.57. The molecule has 1 heterocycles. The van der Waals surface area contributed by atoms with Gasteiger partial charge in [0.2, 0.25) is 5.91 Å². The number of phenols is 1. The fourth-order valence-electron chi connectivity index (χ4n) is 5.77. The van der Waals surface area contributed by atoms with Crippen LogP contribution in [0.3, 0.4) is 0 Å². The average Bonchev–Trinajstić information content (AvgIpc) is 2.59. The lowest BCUT2D eigenvalue weighted by Crippen LogP contribution is -2.65. The lowest BCUT2D eigenvalue weighted by atomic mass is 9.51. The first kappa shape index (κ1) is 16.9. The standard InChI is InChI=1S/C22H31NO2/c1-21(2)19-14-16-17(10-7-11-18(16)24)22(21,3)12-13-23(19)20(25)15-8-5-4-6-9-15/h7,10-11,15,19,24H,4-6,8-9,12-14H2,1-3H3/t19-,22+/m1/s1. The molecule has 136 valence electrons. The fourth-order valence-corrected chi connectivity index (χ4v) is 5.77. The molecular weight excluding hydrogens is 310 g/mol. The minimum absolute atomic E-state index is 0.00728. The Labute approximate surface area is 151 Å². The van der Waals surface area contributed by atoms with E-state index in [0.29, 0.717) is 11.7 Å². The molecule has 3 aliphatic rings. The zero-order valence-corrected chi connectivity index (χ0v) is 15.8. The molecule has 0 unspecified atom stereocenters. The molecule has 1 amide bonds. The van der Waals surface area contributed by atoms with E-state index in [0.717, 1.165) is 37.8 Å². The number of benzene rings is 1. The first-order valence-corrected chi connectivity index (χ1v) is 9.98. The molecule has 0 spiro atoms. The predicted octanol–water partition coefficient (Wildman–Crippen LogP) is 4.41. The number of carbonyl (C=O) groups is 1. The Bertz CT molecular complexity index is 689. The summed E-state index contributed by atoms with van der Waals surface area (Å²) in [5, 5.41) is 10.5. The van der Waals surface area contributed by atoms with Crippen LogP contribution in [0.1, 0.15) is 70.4 Å². The van der Waals surface area contributed by atoms with Gasteiger partial charge in [0.25, 0.3) is 0 Å². The van der Waals surface area contributed by atoms with Crippen LogP contribution in [0.2, 0.25) is 0 Å². The maximum absolute atomic E-state index is 13.3. The summed E-state index contributed by atoms with van der Waals surface area (Å²) in [6, 6.07) is 6.13. The third-order valence-electron chi connectivity index (χ3n) is 7.86. The molecule has 1 aliphatic heterocycles. The second kappa shape index (κ2) is 5.75. The van der Waals surface area contributed by atoms with Crippen LogP contribution >= 0.6 is 0 Å². The van der Waals surface area contributed by atoms with E-state index in [9.17, 15) is 9.90 Å². The number of fused-ring (bicyclic) bond motifs is 4. The summed E-state index contributed by atoms with van der Waals surface area (Å²) in [5.74, 6) is 0.995. The van der Waals surface area contributed by atoms with Crippen LogP contribution in [-0.2, 0) is 16.6 Å². The van der Waals surface area contributed by atoms with Crippen LogP contribution in [-0.4, -0.2) is 28.5 Å². The van der Waals surface area contributed by atoms with E-state index < -0.39 is 0 Å². The van der Waals surface area contributed by atoms with Crippen LogP contribution in [0.5, 0.6) is 5.75 Å². The smallest absolute Gasteiger partial charge is 0.225 e. The van der Waals surface area contributed by atoms with Gasteiger partial charge in [-0.15, -0.1) is 0 Å². The first-order chi connectivity index (χ1) is 11.9. The Kier molecular flexibility index (Phi) is 3.90. The molecule has 0 aromatic heterocycles. The van der Waals surface area contributed by atoms with Gasteiger partial charge in [-0.25, -0.2) is 0 Å². The summed E-state index contributed by atoms with van der Waals surface area (Å²) in [6.07, 6.45) is 7.54. The van der Waals surface area contributed by atoms with E-state index in [-0.39, 0.29) is 22.8 Å². The van der Waals surface area contributed by atoms with Crippen molar-refractivity contribution >= 4 is 5.91 Å². The zero-order valence-electron chi connectivity index (χ0n) is 15.8. The van der Waals surface area contributed by atoms with Gasteiger partial charge in [-0.2, -0.15) is 0 Å². The Balaban J connectivity index is 1.72. The van der Waals surface area contributed by atoms with Gasteiger partial charge in [0.1, 0.15) is 5.75 Å². The molecule has 3 heteroatoms. The van der Waals surface area contributed by atoms with Gasteiger partial charge in [0, 0.05) is 23.9 Å². The van der Waals surface area contributed by atoms with Gasteiger partial charge in [-0.05, 0) is 48.3 Å². The van der Waals surface area contributed by atoms with Crippen molar-refractivity contribution in [2.75, 3.05) is 6.54 Å². The van der Waals surface area contributed by atoms with Crippen molar-refractivity contribution in [1.82, 2.24) is 4.90 Å². The van der Waals surface area contributed by atoms with Crippen LogP contribution in [0, 0.1) is 11.3 Å². The quantitative estimate of drug-likeness (QED) is 0.822. The number of likely N-dealkylation sites (tertiary alicyclic amines) is 1. The van der Waals surface area contributed by atoms with Crippen molar-refractivity contribution in [3.8, 4) is 5.75 Å². The lowest BCUT2D eigenvalue weighted by molar-refractivity contribution is -0.149. The fraction of sp³-hybridized carbons (Fsp3) is 0.682. The number of carbonyl (C=O) groups excluding carboxylic acids is 1. The van der Waals surface area contributed by atoms with Crippen molar-refractivity contribution < 1.29 is 9.90 Å². The topological polar surface area (TPSA) is 40.5 Å². The van der Waals surface area contributed by atoms with Crippen LogP contribution in [0.15, 0.2) is 18.2 Å². The maximum Gasteiger partial charge on any atom is 0.225 e. The first-order valence-electron chi connectivity index (χ1n) is 9.98. The highest BCUT2D eigenvalue weighted by atomic mass is 16.3. The molecule has 1 aromatic rings. The Hall–Kier alpha value is -1.51. The molecule has 2 aliphatic carbocycles. The second-order valence-corrected chi connectivity index (χ2v) is 9.19. The molecule has 1 saturated carbocycles. The normalized spacial score (nSPS) is 31.5. The van der Waals surface area contributed by atoms with Crippen molar-refractivity contribution in [3.63, 3.8) is 0 Å². The molecule has 4 rings (SSSR count). The van der Waals surface area contributed by atoms with E-state index in [4.69, 9.17) is 0 Å². The maximum atomic E-state index is 13.3. The molecule has 0 radical (unpaired) electrons. The summed E-state index contributed by atoms with van der Waals surface area (Å²) < 4.78 is 0. The molecule has 3 nitrogen and oxygen atoms in total. The van der Waals surface area contributed by atoms with Crippen molar-refractivity contribution in [2.45, 2.75) is 77.2 Å². The average molecular weight is 341 g/mol. The third-order valence-corrected chi connectivity index (χ3v) is 7.86. The van der Waals surface area contributed by atoms with E-state index in [1.165, 1.54) is 24.8 Å². The molecular formula is C22H31NO2. The predicted molar refractivity (Wildman–Crippen MR) is 99.6 cm³/mol. The minimum atomic E-state index is 0.00728. The van der Waals surface area contributed by atoms with Gasteiger partial charge < -0.3 is 10.0 Å². The SMILES string of the molecule is CC1(C)[C@H]2Cc3c(O)cccc3[C@]1(C)CCN2C(=O)C1CCCCC1.